The number of benzene rings is 1. The molecule has 122 valence electrons. The van der Waals surface area contributed by atoms with Gasteiger partial charge < -0.3 is 9.30 Å². The molecule has 5 nitrogen and oxygen atoms in total. The first-order valence-electron chi connectivity index (χ1n) is 7.84. The van der Waals surface area contributed by atoms with Crippen molar-refractivity contribution in [1.82, 2.24) is 4.57 Å². The Hall–Kier alpha value is -2.43. The normalized spacial score (nSPS) is 10.7. The van der Waals surface area contributed by atoms with Crippen molar-refractivity contribution in [2.45, 2.75) is 46.6 Å². The number of aromatic nitrogens is 1. The zero-order chi connectivity index (χ0) is 17.0. The van der Waals surface area contributed by atoms with Gasteiger partial charge in [-0.2, -0.15) is 0 Å². The van der Waals surface area contributed by atoms with Crippen LogP contribution in [0.3, 0.4) is 0 Å². The van der Waals surface area contributed by atoms with E-state index in [1.165, 1.54) is 0 Å². The molecule has 0 fully saturated rings. The highest BCUT2D eigenvalue weighted by Crippen LogP contribution is 2.22. The number of carbonyl (C=O) groups excluding carboxylic acids is 2. The zero-order valence-corrected chi connectivity index (χ0v) is 13.7. The number of hydrogen-bond donors (Lipinski definition) is 0. The van der Waals surface area contributed by atoms with Crippen molar-refractivity contribution < 1.29 is 14.3 Å². The number of aryl methyl sites for hydroxylation is 2. The van der Waals surface area contributed by atoms with Crippen LogP contribution in [0.5, 0.6) is 5.75 Å². The van der Waals surface area contributed by atoms with Crippen LogP contribution in [0.15, 0.2) is 23.1 Å². The van der Waals surface area contributed by atoms with Crippen LogP contribution in [-0.4, -0.2) is 16.8 Å². The highest BCUT2D eigenvalue weighted by molar-refractivity contribution is 6.01. The molecule has 0 aliphatic heterocycles. The standard InChI is InChI=1S/C18H21NO4/c1-4-6-16(21)13-9-14-15(8-12(13)3)19(7-5-2)10-17(18(14)22)23-11-20/h8-11H,4-7H2,1-3H3. The second-order valence-electron chi connectivity index (χ2n) is 5.59. The third-order valence-electron chi connectivity index (χ3n) is 3.81. The van der Waals surface area contributed by atoms with Gasteiger partial charge in [0.15, 0.2) is 11.5 Å². The Morgan fingerprint density at radius 1 is 1.26 bits per heavy atom. The van der Waals surface area contributed by atoms with Crippen LogP contribution in [0.25, 0.3) is 10.9 Å². The van der Waals surface area contributed by atoms with E-state index in [1.807, 2.05) is 31.4 Å². The van der Waals surface area contributed by atoms with Crippen molar-refractivity contribution in [3.8, 4) is 5.75 Å². The maximum absolute atomic E-state index is 12.5. The lowest BCUT2D eigenvalue weighted by Gasteiger charge is -2.14. The average Bonchev–Trinajstić information content (AvgIpc) is 2.52. The molecule has 0 aliphatic carbocycles. The molecule has 0 bridgehead atoms. The van der Waals surface area contributed by atoms with Gasteiger partial charge in [0, 0.05) is 18.5 Å². The molecule has 0 saturated carbocycles. The first kappa shape index (κ1) is 16.9. The van der Waals surface area contributed by atoms with Crippen molar-refractivity contribution in [3.63, 3.8) is 0 Å². The molecular weight excluding hydrogens is 294 g/mol. The molecule has 0 aliphatic rings. The molecule has 1 heterocycles. The predicted octanol–water partition coefficient (Wildman–Crippen LogP) is 3.24. The van der Waals surface area contributed by atoms with E-state index in [1.54, 1.807) is 12.3 Å². The van der Waals surface area contributed by atoms with Gasteiger partial charge in [-0.3, -0.25) is 14.4 Å². The lowest BCUT2D eigenvalue weighted by atomic mass is 9.98. The third-order valence-corrected chi connectivity index (χ3v) is 3.81. The van der Waals surface area contributed by atoms with E-state index in [4.69, 9.17) is 4.74 Å². The molecule has 0 atom stereocenters. The van der Waals surface area contributed by atoms with Crippen LogP contribution >= 0.6 is 0 Å². The van der Waals surface area contributed by atoms with Gasteiger partial charge in [-0.25, -0.2) is 0 Å². The summed E-state index contributed by atoms with van der Waals surface area (Å²) in [6.45, 7) is 6.78. The molecular formula is C18H21NO4. The van der Waals surface area contributed by atoms with Gasteiger partial charge in [0.2, 0.25) is 5.43 Å². The van der Waals surface area contributed by atoms with Crippen molar-refractivity contribution in [2.75, 3.05) is 0 Å². The van der Waals surface area contributed by atoms with Gasteiger partial charge in [-0.15, -0.1) is 0 Å². The van der Waals surface area contributed by atoms with Crippen molar-refractivity contribution in [2.24, 2.45) is 0 Å². The number of ketones is 1. The summed E-state index contributed by atoms with van der Waals surface area (Å²) in [5.41, 5.74) is 1.79. The summed E-state index contributed by atoms with van der Waals surface area (Å²) in [6.07, 6.45) is 3.62. The molecule has 0 radical (unpaired) electrons. The lowest BCUT2D eigenvalue weighted by Crippen LogP contribution is -2.14. The maximum Gasteiger partial charge on any atom is 0.298 e. The molecule has 1 aromatic heterocycles. The number of nitrogens with zero attached hydrogens (tertiary/aromatic N) is 1. The van der Waals surface area contributed by atoms with Gasteiger partial charge in [0.1, 0.15) is 0 Å². The minimum atomic E-state index is -0.370. The number of ether oxygens (including phenoxy) is 1. The SMILES string of the molecule is CCCC(=O)c1cc2c(=O)c(OC=O)cn(CCC)c2cc1C. The molecule has 0 amide bonds. The average molecular weight is 315 g/mol. The van der Waals surface area contributed by atoms with Crippen molar-refractivity contribution in [3.05, 3.63) is 39.7 Å². The third kappa shape index (κ3) is 3.33. The Bertz CT molecular complexity index is 805. The van der Waals surface area contributed by atoms with Crippen LogP contribution in [0.2, 0.25) is 0 Å². The van der Waals surface area contributed by atoms with Crippen LogP contribution in [-0.2, 0) is 11.3 Å². The fourth-order valence-corrected chi connectivity index (χ4v) is 2.74. The lowest BCUT2D eigenvalue weighted by molar-refractivity contribution is -0.120. The molecule has 23 heavy (non-hydrogen) atoms. The Morgan fingerprint density at radius 3 is 2.61 bits per heavy atom. The van der Waals surface area contributed by atoms with E-state index in [0.29, 0.717) is 23.9 Å². The van der Waals surface area contributed by atoms with Crippen molar-refractivity contribution in [1.29, 1.82) is 0 Å². The van der Waals surface area contributed by atoms with Crippen LogP contribution in [0.1, 0.15) is 49.0 Å². The highest BCUT2D eigenvalue weighted by atomic mass is 16.5. The Kier molecular flexibility index (Phi) is 5.32. The number of hydrogen-bond acceptors (Lipinski definition) is 4. The predicted molar refractivity (Wildman–Crippen MR) is 89.2 cm³/mol. The van der Waals surface area contributed by atoms with E-state index in [9.17, 15) is 14.4 Å². The largest absolute Gasteiger partial charge is 0.423 e. The van der Waals surface area contributed by atoms with E-state index >= 15 is 0 Å². The van der Waals surface area contributed by atoms with E-state index < -0.39 is 0 Å². The Morgan fingerprint density at radius 2 is 2.00 bits per heavy atom. The smallest absolute Gasteiger partial charge is 0.298 e. The van der Waals surface area contributed by atoms with Crippen LogP contribution in [0, 0.1) is 6.92 Å². The van der Waals surface area contributed by atoms with Crippen LogP contribution < -0.4 is 10.2 Å². The molecule has 1 aromatic carbocycles. The van der Waals surface area contributed by atoms with Gasteiger partial charge in [-0.05, 0) is 37.5 Å². The number of pyridine rings is 1. The van der Waals surface area contributed by atoms with Crippen molar-refractivity contribution >= 4 is 23.2 Å². The minimum Gasteiger partial charge on any atom is -0.423 e. The first-order chi connectivity index (χ1) is 11.0. The molecule has 0 saturated heterocycles. The minimum absolute atomic E-state index is 0.0151. The fraction of sp³-hybridized carbons (Fsp3) is 0.389. The number of carbonyl (C=O) groups is 2. The molecule has 0 N–H and O–H groups in total. The van der Waals surface area contributed by atoms with Gasteiger partial charge in [0.25, 0.3) is 6.47 Å². The summed E-state index contributed by atoms with van der Waals surface area (Å²) in [7, 11) is 0. The first-order valence-corrected chi connectivity index (χ1v) is 7.84. The molecule has 5 heteroatoms. The summed E-state index contributed by atoms with van der Waals surface area (Å²) < 4.78 is 6.70. The van der Waals surface area contributed by atoms with E-state index in [0.717, 1.165) is 23.9 Å². The maximum atomic E-state index is 12.5. The van der Waals surface area contributed by atoms with E-state index in [2.05, 4.69) is 0 Å². The molecule has 2 rings (SSSR count). The zero-order valence-electron chi connectivity index (χ0n) is 13.7. The van der Waals surface area contributed by atoms with Crippen LogP contribution in [0.4, 0.5) is 0 Å². The quantitative estimate of drug-likeness (QED) is 0.581. The summed E-state index contributed by atoms with van der Waals surface area (Å²) >= 11 is 0. The summed E-state index contributed by atoms with van der Waals surface area (Å²) in [6, 6.07) is 3.49. The van der Waals surface area contributed by atoms with Gasteiger partial charge >= 0.3 is 0 Å². The number of rotatable bonds is 7. The summed E-state index contributed by atoms with van der Waals surface area (Å²) in [5.74, 6) is 0.00810. The van der Waals surface area contributed by atoms with E-state index in [-0.39, 0.29) is 23.4 Å². The Balaban J connectivity index is 2.76. The fourth-order valence-electron chi connectivity index (χ4n) is 2.74. The summed E-state index contributed by atoms with van der Waals surface area (Å²) in [4.78, 5) is 35.4. The molecule has 2 aromatic rings. The van der Waals surface area contributed by atoms with Gasteiger partial charge in [-0.1, -0.05) is 13.8 Å². The second-order valence-corrected chi connectivity index (χ2v) is 5.59. The number of fused-ring (bicyclic) bond motifs is 1. The highest BCUT2D eigenvalue weighted by Gasteiger charge is 2.15. The molecule has 0 unspecified atom stereocenters. The Labute approximate surface area is 134 Å². The summed E-state index contributed by atoms with van der Waals surface area (Å²) in [5, 5.41) is 0.405. The molecule has 0 spiro atoms. The topological polar surface area (TPSA) is 65.4 Å². The second kappa shape index (κ2) is 7.22. The monoisotopic (exact) mass is 315 g/mol. The van der Waals surface area contributed by atoms with Gasteiger partial charge in [0.05, 0.1) is 17.1 Å². The number of Topliss-reactive ketones (excluding diaryl/α,β-unsaturated/α-hetero) is 1.